The molecule has 2 nitrogen and oxygen atoms in total. The van der Waals surface area contributed by atoms with Gasteiger partial charge < -0.3 is 9.38 Å². The Morgan fingerprint density at radius 1 is 0.500 bits per heavy atom. The second-order valence-electron chi connectivity index (χ2n) is 8.30. The van der Waals surface area contributed by atoms with E-state index in [2.05, 4.69) is 100 Å². The maximum Gasteiger partial charge on any atom is 0.0620 e. The molecule has 5 aromatic carbocycles. The first-order valence-electron chi connectivity index (χ1n) is 10.4. The van der Waals surface area contributed by atoms with Crippen LogP contribution in [-0.4, -0.2) is 9.38 Å². The molecule has 0 spiro atoms. The molecule has 0 atom stereocenters. The molecule has 0 aliphatic heterocycles. The van der Waals surface area contributed by atoms with Crippen molar-refractivity contribution in [1.29, 1.82) is 0 Å². The summed E-state index contributed by atoms with van der Waals surface area (Å²) in [5.41, 5.74) is 6.30. The Labute approximate surface area is 171 Å². The molecular formula is C28H16N2. The van der Waals surface area contributed by atoms with Crippen molar-refractivity contribution in [3.05, 3.63) is 91.0 Å². The zero-order valence-electron chi connectivity index (χ0n) is 16.1. The van der Waals surface area contributed by atoms with Crippen LogP contribution < -0.4 is 0 Å². The molecule has 0 saturated carbocycles. The molecule has 0 fully saturated rings. The topological polar surface area (TPSA) is 20.2 Å². The molecule has 0 aliphatic carbocycles. The van der Waals surface area contributed by atoms with E-state index in [4.69, 9.17) is 0 Å². The molecule has 0 bridgehead atoms. The van der Waals surface area contributed by atoms with Crippen molar-refractivity contribution in [3.63, 3.8) is 0 Å². The van der Waals surface area contributed by atoms with E-state index in [0.29, 0.717) is 0 Å². The monoisotopic (exact) mass is 380 g/mol. The first kappa shape index (κ1) is 14.9. The van der Waals surface area contributed by atoms with Gasteiger partial charge >= 0.3 is 0 Å². The third kappa shape index (κ3) is 1.60. The average molecular weight is 380 g/mol. The van der Waals surface area contributed by atoms with Gasteiger partial charge in [0.2, 0.25) is 0 Å². The summed E-state index contributed by atoms with van der Waals surface area (Å²) in [5.74, 6) is 0. The van der Waals surface area contributed by atoms with Gasteiger partial charge in [-0.2, -0.15) is 0 Å². The van der Waals surface area contributed by atoms with Crippen molar-refractivity contribution < 1.29 is 0 Å². The van der Waals surface area contributed by atoms with E-state index in [1.807, 2.05) is 0 Å². The number of nitrogens with zero attached hydrogens (tertiary/aromatic N) is 1. The van der Waals surface area contributed by atoms with Crippen LogP contribution in [0.25, 0.3) is 70.7 Å². The molecule has 0 saturated heterocycles. The molecule has 30 heavy (non-hydrogen) atoms. The van der Waals surface area contributed by atoms with Gasteiger partial charge in [0.15, 0.2) is 0 Å². The fourth-order valence-electron chi connectivity index (χ4n) is 5.60. The van der Waals surface area contributed by atoms with Gasteiger partial charge in [-0.05, 0) is 41.1 Å². The normalized spacial score (nSPS) is 12.7. The Hall–Kier alpha value is -4.04. The molecule has 3 heterocycles. The SMILES string of the molecule is c1ccc2c(c1)[nH]c1cc3ccc4c(c3cc12)c1cccc2c3ccccc3n4c21. The van der Waals surface area contributed by atoms with Crippen LogP contribution in [-0.2, 0) is 0 Å². The third-order valence-corrected chi connectivity index (χ3v) is 6.83. The van der Waals surface area contributed by atoms with Gasteiger partial charge in [0.05, 0.1) is 16.6 Å². The summed E-state index contributed by atoms with van der Waals surface area (Å²) in [6.07, 6.45) is 0. The highest BCUT2D eigenvalue weighted by Gasteiger charge is 2.18. The van der Waals surface area contributed by atoms with Crippen LogP contribution in [0.4, 0.5) is 0 Å². The van der Waals surface area contributed by atoms with E-state index in [-0.39, 0.29) is 0 Å². The predicted molar refractivity (Wildman–Crippen MR) is 128 cm³/mol. The fourth-order valence-corrected chi connectivity index (χ4v) is 5.60. The Morgan fingerprint density at radius 2 is 1.30 bits per heavy atom. The second-order valence-corrected chi connectivity index (χ2v) is 8.30. The van der Waals surface area contributed by atoms with Crippen LogP contribution in [0.15, 0.2) is 91.0 Å². The summed E-state index contributed by atoms with van der Waals surface area (Å²) in [7, 11) is 0. The average Bonchev–Trinajstić information content (AvgIpc) is 3.44. The van der Waals surface area contributed by atoms with Crippen LogP contribution >= 0.6 is 0 Å². The number of hydrogen-bond donors (Lipinski definition) is 1. The first-order valence-corrected chi connectivity index (χ1v) is 10.4. The first-order chi connectivity index (χ1) is 14.9. The van der Waals surface area contributed by atoms with E-state index >= 15 is 0 Å². The molecule has 3 aromatic heterocycles. The van der Waals surface area contributed by atoms with E-state index in [1.165, 1.54) is 70.7 Å². The summed E-state index contributed by atoms with van der Waals surface area (Å²) in [6.45, 7) is 0. The minimum absolute atomic E-state index is 1.19. The number of H-pyrrole nitrogens is 1. The van der Waals surface area contributed by atoms with Gasteiger partial charge in [0.1, 0.15) is 0 Å². The lowest BCUT2D eigenvalue weighted by molar-refractivity contribution is 1.37. The lowest BCUT2D eigenvalue weighted by atomic mass is 10.00. The number of aromatic nitrogens is 2. The summed E-state index contributed by atoms with van der Waals surface area (Å²) < 4.78 is 2.45. The third-order valence-electron chi connectivity index (χ3n) is 6.83. The molecule has 138 valence electrons. The number of hydrogen-bond acceptors (Lipinski definition) is 0. The number of nitrogens with one attached hydrogen (secondary N) is 1. The fraction of sp³-hybridized carbons (Fsp3) is 0. The molecular weight excluding hydrogens is 364 g/mol. The van der Waals surface area contributed by atoms with Crippen LogP contribution in [0.5, 0.6) is 0 Å². The van der Waals surface area contributed by atoms with Crippen molar-refractivity contribution in [2.75, 3.05) is 0 Å². The van der Waals surface area contributed by atoms with Gasteiger partial charge in [-0.1, -0.05) is 60.7 Å². The van der Waals surface area contributed by atoms with Crippen LogP contribution in [0.2, 0.25) is 0 Å². The lowest BCUT2D eigenvalue weighted by Gasteiger charge is -2.04. The Kier molecular flexibility index (Phi) is 2.44. The van der Waals surface area contributed by atoms with Crippen LogP contribution in [0, 0.1) is 0 Å². The van der Waals surface area contributed by atoms with Crippen molar-refractivity contribution in [3.8, 4) is 0 Å². The number of rotatable bonds is 0. The van der Waals surface area contributed by atoms with E-state index in [1.54, 1.807) is 0 Å². The summed E-state index contributed by atoms with van der Waals surface area (Å²) in [5, 5.41) is 10.5. The van der Waals surface area contributed by atoms with Gasteiger partial charge in [0.25, 0.3) is 0 Å². The summed E-state index contributed by atoms with van der Waals surface area (Å²) >= 11 is 0. The summed E-state index contributed by atoms with van der Waals surface area (Å²) in [4.78, 5) is 3.59. The van der Waals surface area contributed by atoms with Gasteiger partial charge in [-0.15, -0.1) is 0 Å². The minimum Gasteiger partial charge on any atom is -0.354 e. The lowest BCUT2D eigenvalue weighted by Crippen LogP contribution is -1.81. The highest BCUT2D eigenvalue weighted by molar-refractivity contribution is 6.30. The zero-order valence-corrected chi connectivity index (χ0v) is 16.1. The Bertz CT molecular complexity index is 1950. The Morgan fingerprint density at radius 3 is 2.27 bits per heavy atom. The van der Waals surface area contributed by atoms with Crippen molar-refractivity contribution in [2.45, 2.75) is 0 Å². The zero-order chi connectivity index (χ0) is 19.4. The van der Waals surface area contributed by atoms with E-state index < -0.39 is 0 Å². The molecule has 0 aliphatic rings. The largest absolute Gasteiger partial charge is 0.354 e. The second kappa shape index (κ2) is 4.92. The molecule has 8 rings (SSSR count). The highest BCUT2D eigenvalue weighted by Crippen LogP contribution is 2.42. The Balaban J connectivity index is 1.68. The van der Waals surface area contributed by atoms with Crippen molar-refractivity contribution >= 4 is 70.7 Å². The molecule has 2 heteroatoms. The minimum atomic E-state index is 1.19. The quantitative estimate of drug-likeness (QED) is 0.279. The smallest absolute Gasteiger partial charge is 0.0620 e. The molecule has 0 amide bonds. The standard InChI is InChI=1S/C28H16N2/c1-3-10-23-17(6-1)22-15-21-16(14-24(22)29-23)12-13-26-27(21)20-9-5-8-19-18-7-2-4-11-25(18)30(26)28(19)20/h1-15,29H. The molecule has 0 radical (unpaired) electrons. The predicted octanol–water partition coefficient (Wildman–Crippen LogP) is 7.62. The summed E-state index contributed by atoms with van der Waals surface area (Å²) in [6, 6.07) is 33.3. The molecule has 8 aromatic rings. The maximum atomic E-state index is 3.59. The van der Waals surface area contributed by atoms with Gasteiger partial charge in [-0.3, -0.25) is 0 Å². The molecule has 1 N–H and O–H groups in total. The number of benzene rings is 5. The number of aromatic amines is 1. The van der Waals surface area contributed by atoms with Gasteiger partial charge in [0, 0.05) is 43.4 Å². The molecule has 0 unspecified atom stereocenters. The van der Waals surface area contributed by atoms with Crippen LogP contribution in [0.1, 0.15) is 0 Å². The van der Waals surface area contributed by atoms with Crippen LogP contribution in [0.3, 0.4) is 0 Å². The van der Waals surface area contributed by atoms with Crippen molar-refractivity contribution in [1.82, 2.24) is 9.38 Å². The number of fused-ring (bicyclic) bond motifs is 11. The highest BCUT2D eigenvalue weighted by atomic mass is 14.9. The number of para-hydroxylation sites is 3. The van der Waals surface area contributed by atoms with E-state index in [9.17, 15) is 0 Å². The van der Waals surface area contributed by atoms with Crippen molar-refractivity contribution in [2.24, 2.45) is 0 Å². The van der Waals surface area contributed by atoms with E-state index in [0.717, 1.165) is 0 Å². The van der Waals surface area contributed by atoms with Gasteiger partial charge in [-0.25, -0.2) is 0 Å². The maximum absolute atomic E-state index is 3.59.